The highest BCUT2D eigenvalue weighted by molar-refractivity contribution is 5.71. The fourth-order valence-electron chi connectivity index (χ4n) is 2.64. The Morgan fingerprint density at radius 3 is 2.28 bits per heavy atom. The highest BCUT2D eigenvalue weighted by Gasteiger charge is 2.10. The van der Waals surface area contributed by atoms with Crippen LogP contribution in [0.1, 0.15) is 37.5 Å². The summed E-state index contributed by atoms with van der Waals surface area (Å²) in [6.07, 6.45) is 3.22. The Morgan fingerprint density at radius 2 is 1.61 bits per heavy atom. The molecule has 0 N–H and O–H groups in total. The average molecular weight is 237 g/mol. The first-order valence-corrected chi connectivity index (χ1v) is 6.92. The van der Waals surface area contributed by atoms with Gasteiger partial charge in [-0.3, -0.25) is 0 Å². The first kappa shape index (κ1) is 12.9. The number of aryl methyl sites for hydroxylation is 2. The average Bonchev–Trinajstić information content (AvgIpc) is 2.46. The van der Waals surface area contributed by atoms with E-state index in [4.69, 9.17) is 0 Å². The van der Waals surface area contributed by atoms with Crippen LogP contribution < -0.4 is 0 Å². The van der Waals surface area contributed by atoms with Gasteiger partial charge in [0.25, 0.3) is 0 Å². The predicted octanol–water partition coefficient (Wildman–Crippen LogP) is 4.84. The van der Waals surface area contributed by atoms with E-state index in [1.807, 2.05) is 0 Å². The van der Waals surface area contributed by atoms with Gasteiger partial charge >= 0.3 is 0 Å². The van der Waals surface area contributed by atoms with Crippen LogP contribution in [0.25, 0.3) is 11.1 Å². The van der Waals surface area contributed by atoms with E-state index >= 15 is 0 Å². The summed E-state index contributed by atoms with van der Waals surface area (Å²) in [5.74, 6) is 0. The minimum Gasteiger partial charge on any atom is -0.0620 e. The van der Waals surface area contributed by atoms with Crippen molar-refractivity contribution in [1.82, 2.24) is 0 Å². The molecule has 0 aliphatic rings. The van der Waals surface area contributed by atoms with Crippen LogP contribution in [0.2, 0.25) is 0 Å². The topological polar surface area (TPSA) is 0 Å². The van der Waals surface area contributed by atoms with Crippen LogP contribution >= 0.6 is 0 Å². The van der Waals surface area contributed by atoms with E-state index in [2.05, 4.69) is 63.2 Å². The maximum atomic E-state index is 3.39. The van der Waals surface area contributed by atoms with Crippen molar-refractivity contribution in [2.24, 2.45) is 0 Å². The predicted molar refractivity (Wildman–Crippen MR) is 78.8 cm³/mol. The molecule has 2 aromatic carbocycles. The molecule has 93 valence electrons. The maximum absolute atomic E-state index is 3.39. The molecule has 0 spiro atoms. The third-order valence-electron chi connectivity index (χ3n) is 3.59. The van der Waals surface area contributed by atoms with Crippen LogP contribution in [0.3, 0.4) is 0 Å². The third kappa shape index (κ3) is 2.33. The maximum Gasteiger partial charge on any atom is -0.0146 e. The summed E-state index contributed by atoms with van der Waals surface area (Å²) < 4.78 is 0. The van der Waals surface area contributed by atoms with Gasteiger partial charge in [-0.1, -0.05) is 57.2 Å². The van der Waals surface area contributed by atoms with Crippen molar-refractivity contribution >= 4 is 0 Å². The van der Waals surface area contributed by atoms with E-state index in [1.54, 1.807) is 0 Å². The third-order valence-corrected chi connectivity index (χ3v) is 3.59. The van der Waals surface area contributed by atoms with E-state index in [9.17, 15) is 0 Å². The summed E-state index contributed by atoms with van der Waals surface area (Å²) in [7, 11) is 0. The Kier molecular flexibility index (Phi) is 4.19. The molecule has 0 aromatic heterocycles. The molecular weight excluding hydrogens is 216 g/mol. The van der Waals surface area contributed by atoms with E-state index < -0.39 is 0 Å². The number of benzene rings is 2. The summed E-state index contributed by atoms with van der Waals surface area (Å²) >= 11 is 0. The second-order valence-corrected chi connectivity index (χ2v) is 4.57. The number of hydrogen-bond donors (Lipinski definition) is 0. The molecule has 2 aromatic rings. The van der Waals surface area contributed by atoms with Gasteiger partial charge in [0.15, 0.2) is 0 Å². The lowest BCUT2D eigenvalue weighted by molar-refractivity contribution is 1.03. The Bertz CT molecular complexity index is 523. The normalized spacial score (nSPS) is 10.6. The first-order chi connectivity index (χ1) is 8.81. The molecule has 0 bridgehead atoms. The van der Waals surface area contributed by atoms with Crippen molar-refractivity contribution in [2.75, 3.05) is 0 Å². The van der Waals surface area contributed by atoms with Crippen molar-refractivity contribution in [3.05, 3.63) is 59.2 Å². The quantitative estimate of drug-likeness (QED) is 0.713. The van der Waals surface area contributed by atoms with Crippen molar-refractivity contribution in [3.8, 4) is 11.1 Å². The monoisotopic (exact) mass is 237 g/mol. The van der Waals surface area contributed by atoms with Crippen LogP contribution in [-0.4, -0.2) is 0 Å². The van der Waals surface area contributed by atoms with Gasteiger partial charge in [-0.2, -0.15) is 0 Å². The van der Waals surface area contributed by atoms with E-state index in [0.717, 1.165) is 19.3 Å². The molecule has 18 heavy (non-hydrogen) atoms. The molecule has 0 heteroatoms. The first-order valence-electron chi connectivity index (χ1n) is 6.92. The van der Waals surface area contributed by atoms with Gasteiger partial charge in [0.05, 0.1) is 0 Å². The van der Waals surface area contributed by atoms with Crippen LogP contribution in [0, 0.1) is 6.07 Å². The molecule has 0 aliphatic carbocycles. The highest BCUT2D eigenvalue weighted by atomic mass is 14.1. The lowest BCUT2D eigenvalue weighted by Gasteiger charge is -2.15. The molecule has 2 rings (SSSR count). The molecule has 0 amide bonds. The van der Waals surface area contributed by atoms with Gasteiger partial charge in [-0.25, -0.2) is 0 Å². The number of rotatable bonds is 4. The molecule has 0 unspecified atom stereocenters. The number of hydrogen-bond acceptors (Lipinski definition) is 0. The fourth-order valence-corrected chi connectivity index (χ4v) is 2.64. The zero-order chi connectivity index (χ0) is 13.0. The van der Waals surface area contributed by atoms with Crippen LogP contribution in [0.15, 0.2) is 36.4 Å². The SMILES string of the molecule is CCc1[c]ccc(-c2ccccc2CC)c1CC. The largest absolute Gasteiger partial charge is 0.0620 e. The van der Waals surface area contributed by atoms with Crippen molar-refractivity contribution < 1.29 is 0 Å². The summed E-state index contributed by atoms with van der Waals surface area (Å²) in [6.45, 7) is 6.67. The van der Waals surface area contributed by atoms with Gasteiger partial charge in [-0.15, -0.1) is 0 Å². The Balaban J connectivity index is 2.63. The Labute approximate surface area is 111 Å². The molecule has 0 aliphatic heterocycles. The van der Waals surface area contributed by atoms with E-state index in [0.29, 0.717) is 0 Å². The fraction of sp³-hybridized carbons (Fsp3) is 0.333. The second kappa shape index (κ2) is 5.86. The Morgan fingerprint density at radius 1 is 0.833 bits per heavy atom. The zero-order valence-electron chi connectivity index (χ0n) is 11.6. The van der Waals surface area contributed by atoms with Crippen LogP contribution in [0.5, 0.6) is 0 Å². The van der Waals surface area contributed by atoms with Crippen LogP contribution in [-0.2, 0) is 19.3 Å². The summed E-state index contributed by atoms with van der Waals surface area (Å²) in [4.78, 5) is 0. The molecular formula is C18H21. The molecule has 0 nitrogen and oxygen atoms in total. The van der Waals surface area contributed by atoms with Crippen molar-refractivity contribution in [2.45, 2.75) is 40.0 Å². The molecule has 1 radical (unpaired) electrons. The van der Waals surface area contributed by atoms with E-state index in [1.165, 1.54) is 27.8 Å². The van der Waals surface area contributed by atoms with Gasteiger partial charge in [-0.05, 0) is 53.1 Å². The summed E-state index contributed by atoms with van der Waals surface area (Å²) in [5, 5.41) is 0. The molecule has 0 saturated carbocycles. The van der Waals surface area contributed by atoms with Gasteiger partial charge < -0.3 is 0 Å². The standard InChI is InChI=1S/C18H21/c1-4-14-11-9-13-18(16(14)6-3)17-12-8-7-10-15(17)5-2/h7-10,12-13H,4-6H2,1-3H3. The Hall–Kier alpha value is -1.56. The van der Waals surface area contributed by atoms with E-state index in [-0.39, 0.29) is 0 Å². The van der Waals surface area contributed by atoms with Crippen molar-refractivity contribution in [3.63, 3.8) is 0 Å². The zero-order valence-corrected chi connectivity index (χ0v) is 11.6. The van der Waals surface area contributed by atoms with Gasteiger partial charge in [0, 0.05) is 0 Å². The minimum atomic E-state index is 1.06. The second-order valence-electron chi connectivity index (χ2n) is 4.57. The van der Waals surface area contributed by atoms with Crippen molar-refractivity contribution in [1.29, 1.82) is 0 Å². The molecule has 0 fully saturated rings. The lowest BCUT2D eigenvalue weighted by atomic mass is 9.90. The lowest BCUT2D eigenvalue weighted by Crippen LogP contribution is -1.97. The van der Waals surface area contributed by atoms with Crippen LogP contribution in [0.4, 0.5) is 0 Å². The highest BCUT2D eigenvalue weighted by Crippen LogP contribution is 2.30. The minimum absolute atomic E-state index is 1.06. The summed E-state index contributed by atoms with van der Waals surface area (Å²) in [6, 6.07) is 16.4. The molecule has 0 saturated heterocycles. The smallest absolute Gasteiger partial charge is 0.0146 e. The molecule has 0 heterocycles. The van der Waals surface area contributed by atoms with Gasteiger partial charge in [0.2, 0.25) is 0 Å². The molecule has 0 atom stereocenters. The van der Waals surface area contributed by atoms with Gasteiger partial charge in [0.1, 0.15) is 0 Å². The summed E-state index contributed by atoms with van der Waals surface area (Å²) in [5.41, 5.74) is 7.04.